The van der Waals surface area contributed by atoms with E-state index < -0.39 is 0 Å². The van der Waals surface area contributed by atoms with Crippen LogP contribution >= 0.6 is 0 Å². The van der Waals surface area contributed by atoms with Gasteiger partial charge in [-0.15, -0.1) is 0 Å². The molecule has 0 radical (unpaired) electrons. The normalized spacial score (nSPS) is 13.9. The van der Waals surface area contributed by atoms with Gasteiger partial charge in [0.2, 0.25) is 0 Å². The molecule has 0 amide bonds. The van der Waals surface area contributed by atoms with Crippen LogP contribution in [0.4, 0.5) is 0 Å². The van der Waals surface area contributed by atoms with Gasteiger partial charge < -0.3 is 9.47 Å². The number of carbonyl (C=O) groups excluding carboxylic acids is 2. The molecule has 0 saturated heterocycles. The number of Topliss-reactive ketones (excluding diaryl/α,β-unsaturated/α-hetero) is 2. The van der Waals surface area contributed by atoms with E-state index in [1.54, 1.807) is 0 Å². The lowest BCUT2D eigenvalue weighted by Gasteiger charge is -2.51. The van der Waals surface area contributed by atoms with Gasteiger partial charge in [-0.25, -0.2) is 0 Å². The van der Waals surface area contributed by atoms with E-state index in [1.807, 2.05) is 41.5 Å². The van der Waals surface area contributed by atoms with Crippen LogP contribution in [0.5, 0.6) is 0 Å². The third kappa shape index (κ3) is 14.0. The maximum Gasteiger partial charge on any atom is 0.163 e. The molecule has 0 N–H and O–H groups in total. The fraction of sp³-hybridized carbons (Fsp3) is 0.933. The average Bonchev–Trinajstić information content (AvgIpc) is 2.57. The van der Waals surface area contributed by atoms with E-state index in [-0.39, 0.29) is 39.5 Å². The van der Waals surface area contributed by atoms with Crippen molar-refractivity contribution in [3.63, 3.8) is 0 Å². The molecule has 0 atom stereocenters. The molecule has 4 heteroatoms. The summed E-state index contributed by atoms with van der Waals surface area (Å²) in [6.07, 6.45) is 1.69. The van der Waals surface area contributed by atoms with Gasteiger partial charge in [0, 0.05) is 23.9 Å². The van der Waals surface area contributed by atoms with Gasteiger partial charge in [-0.1, -0.05) is 111 Å². The van der Waals surface area contributed by atoms with Gasteiger partial charge in [0.1, 0.15) is 12.4 Å². The second-order valence-electron chi connectivity index (χ2n) is 15.3. The van der Waals surface area contributed by atoms with Gasteiger partial charge in [-0.3, -0.25) is 9.59 Å². The molecule has 0 fully saturated rings. The Hall–Kier alpha value is -0.740. The summed E-state index contributed by atoms with van der Waals surface area (Å²) in [6, 6.07) is 0. The van der Waals surface area contributed by atoms with E-state index in [4.69, 9.17) is 9.47 Å². The molecule has 0 aliphatic carbocycles. The predicted molar refractivity (Wildman–Crippen MR) is 146 cm³/mol. The Bertz CT molecular complexity index is 614. The summed E-state index contributed by atoms with van der Waals surface area (Å²) in [6.45, 7) is 36.1. The Balaban J connectivity index is 0. The quantitative estimate of drug-likeness (QED) is 0.293. The Morgan fingerprint density at radius 3 is 1.32 bits per heavy atom. The summed E-state index contributed by atoms with van der Waals surface area (Å²) in [5, 5.41) is 0. The van der Waals surface area contributed by atoms with Gasteiger partial charge >= 0.3 is 0 Å². The molecule has 0 aromatic heterocycles. The summed E-state index contributed by atoms with van der Waals surface area (Å²) in [5.41, 5.74) is 0.0760. The van der Waals surface area contributed by atoms with Crippen LogP contribution in [0.2, 0.25) is 0 Å². The van der Waals surface area contributed by atoms with E-state index in [0.29, 0.717) is 30.8 Å². The van der Waals surface area contributed by atoms with Crippen molar-refractivity contribution >= 4 is 11.6 Å². The minimum Gasteiger partial charge on any atom is -0.379 e. The Kier molecular flexibility index (Phi) is 13.5. The van der Waals surface area contributed by atoms with Crippen molar-refractivity contribution in [1.29, 1.82) is 0 Å². The van der Waals surface area contributed by atoms with E-state index in [0.717, 1.165) is 13.0 Å². The van der Waals surface area contributed by atoms with Gasteiger partial charge in [0.15, 0.2) is 5.78 Å². The molecular weight excluding hydrogens is 424 g/mol. The number of carbonyl (C=O) groups is 2. The van der Waals surface area contributed by atoms with E-state index in [1.165, 1.54) is 0 Å². The van der Waals surface area contributed by atoms with Crippen LogP contribution in [0.25, 0.3) is 0 Å². The highest BCUT2D eigenvalue weighted by Crippen LogP contribution is 2.53. The molecule has 0 rings (SSSR count). The molecule has 0 aliphatic heterocycles. The molecule has 0 heterocycles. The zero-order valence-corrected chi connectivity index (χ0v) is 25.9. The van der Waals surface area contributed by atoms with Crippen LogP contribution in [-0.2, 0) is 19.1 Å². The fourth-order valence-corrected chi connectivity index (χ4v) is 2.88. The predicted octanol–water partition coefficient (Wildman–Crippen LogP) is 8.16. The second kappa shape index (κ2) is 13.0. The maximum absolute atomic E-state index is 12.3. The highest BCUT2D eigenvalue weighted by molar-refractivity contribution is 5.85. The van der Waals surface area contributed by atoms with Crippen LogP contribution in [-0.4, -0.2) is 38.0 Å². The van der Waals surface area contributed by atoms with Gasteiger partial charge in [0.05, 0.1) is 13.2 Å². The van der Waals surface area contributed by atoms with E-state index in [9.17, 15) is 9.59 Å². The molecule has 4 nitrogen and oxygen atoms in total. The molecule has 0 unspecified atom stereocenters. The molecule has 0 bridgehead atoms. The van der Waals surface area contributed by atoms with Crippen molar-refractivity contribution in [3.8, 4) is 0 Å². The van der Waals surface area contributed by atoms with E-state index >= 15 is 0 Å². The first-order valence-corrected chi connectivity index (χ1v) is 13.0. The molecule has 34 heavy (non-hydrogen) atoms. The third-order valence-electron chi connectivity index (χ3n) is 7.44. The maximum atomic E-state index is 12.3. The molecule has 204 valence electrons. The lowest BCUT2D eigenvalue weighted by atomic mass is 9.53. The third-order valence-corrected chi connectivity index (χ3v) is 7.44. The number of ether oxygens (including phenoxy) is 2. The van der Waals surface area contributed by atoms with Gasteiger partial charge in [0.25, 0.3) is 0 Å². The summed E-state index contributed by atoms with van der Waals surface area (Å²) in [4.78, 5) is 23.8. The smallest absolute Gasteiger partial charge is 0.163 e. The molecule has 0 spiro atoms. The Morgan fingerprint density at radius 2 is 0.971 bits per heavy atom. The largest absolute Gasteiger partial charge is 0.379 e. The van der Waals surface area contributed by atoms with Crippen LogP contribution in [0.15, 0.2) is 0 Å². The average molecular weight is 485 g/mol. The molecule has 0 aromatic rings. The van der Waals surface area contributed by atoms with Crippen molar-refractivity contribution in [1.82, 2.24) is 0 Å². The molecule has 0 aliphatic rings. The summed E-state index contributed by atoms with van der Waals surface area (Å²) in [5.74, 6) is 0.493. The lowest BCUT2D eigenvalue weighted by Crippen LogP contribution is -2.45. The minimum atomic E-state index is -0.312. The number of rotatable bonds is 10. The highest BCUT2D eigenvalue weighted by Gasteiger charge is 2.47. The standard InChI is InChI=1S/C16H32O.C14H28O3/c1-13(2,3)12(17)11-15(7,8)16(9,10)14(4,5)6;1-13(2,3)7-8-16-9-10-17-11-12(15)14(4,5)6/h11H2,1-10H3;7-11H2,1-6H3. The molecule has 0 aromatic carbocycles. The molecular formula is C30H60O4. The summed E-state index contributed by atoms with van der Waals surface area (Å²) >= 11 is 0. The topological polar surface area (TPSA) is 52.6 Å². The van der Waals surface area contributed by atoms with Crippen LogP contribution in [0, 0.1) is 32.5 Å². The van der Waals surface area contributed by atoms with Crippen molar-refractivity contribution in [3.05, 3.63) is 0 Å². The number of hydrogen-bond acceptors (Lipinski definition) is 4. The fourth-order valence-electron chi connectivity index (χ4n) is 2.88. The van der Waals surface area contributed by atoms with Crippen molar-refractivity contribution in [2.24, 2.45) is 32.5 Å². The number of ketones is 2. The molecule has 0 saturated carbocycles. The van der Waals surface area contributed by atoms with Gasteiger partial charge in [-0.05, 0) is 28.1 Å². The van der Waals surface area contributed by atoms with Crippen molar-refractivity contribution in [2.45, 2.75) is 124 Å². The summed E-state index contributed by atoms with van der Waals surface area (Å²) in [7, 11) is 0. The monoisotopic (exact) mass is 484 g/mol. The first kappa shape index (κ1) is 35.4. The zero-order valence-electron chi connectivity index (χ0n) is 25.9. The van der Waals surface area contributed by atoms with E-state index in [2.05, 4.69) is 69.2 Å². The van der Waals surface area contributed by atoms with Crippen LogP contribution in [0.3, 0.4) is 0 Å². The first-order chi connectivity index (χ1) is 14.8. The van der Waals surface area contributed by atoms with Crippen molar-refractivity contribution in [2.75, 3.05) is 26.4 Å². The number of hydrogen-bond donors (Lipinski definition) is 0. The Morgan fingerprint density at radius 1 is 0.559 bits per heavy atom. The highest BCUT2D eigenvalue weighted by atomic mass is 16.5. The zero-order chi connectivity index (χ0) is 27.8. The van der Waals surface area contributed by atoms with Crippen LogP contribution in [0.1, 0.15) is 124 Å². The minimum absolute atomic E-state index is 0.00954. The second-order valence-corrected chi connectivity index (χ2v) is 15.3. The van der Waals surface area contributed by atoms with Crippen LogP contribution < -0.4 is 0 Å². The Labute approximate surface area is 213 Å². The van der Waals surface area contributed by atoms with Gasteiger partial charge in [-0.2, -0.15) is 0 Å². The van der Waals surface area contributed by atoms with Crippen molar-refractivity contribution < 1.29 is 19.1 Å². The SMILES string of the molecule is CC(C)(C)C(=O)CC(C)(C)C(C)(C)C(C)(C)C.CC(C)(C)CCOCCOCC(=O)C(C)(C)C. The first-order valence-electron chi connectivity index (χ1n) is 13.0. The lowest BCUT2D eigenvalue weighted by molar-refractivity contribution is -0.132. The summed E-state index contributed by atoms with van der Waals surface area (Å²) < 4.78 is 10.7.